The third kappa shape index (κ3) is 4.28. The Morgan fingerprint density at radius 1 is 1.28 bits per heavy atom. The number of carbonyl (C=O) groups excluding carboxylic acids is 1. The van der Waals surface area contributed by atoms with Crippen molar-refractivity contribution < 1.29 is 9.90 Å². The molecule has 5 nitrogen and oxygen atoms in total. The second-order valence-electron chi connectivity index (χ2n) is 7.36. The van der Waals surface area contributed by atoms with Gasteiger partial charge in [0.2, 0.25) is 0 Å². The van der Waals surface area contributed by atoms with Gasteiger partial charge in [-0.15, -0.1) is 0 Å². The van der Waals surface area contributed by atoms with E-state index in [4.69, 9.17) is 0 Å². The number of aromatic nitrogens is 2. The van der Waals surface area contributed by atoms with E-state index in [-0.39, 0.29) is 11.8 Å². The highest BCUT2D eigenvalue weighted by Gasteiger charge is 2.29. The van der Waals surface area contributed by atoms with Crippen molar-refractivity contribution in [3.63, 3.8) is 0 Å². The number of likely N-dealkylation sites (tertiary alicyclic amines) is 1. The highest BCUT2D eigenvalue weighted by atomic mass is 16.3. The zero-order valence-corrected chi connectivity index (χ0v) is 15.0. The van der Waals surface area contributed by atoms with E-state index in [0.717, 1.165) is 30.5 Å². The van der Waals surface area contributed by atoms with Crippen LogP contribution in [0.25, 0.3) is 0 Å². The summed E-state index contributed by atoms with van der Waals surface area (Å²) in [7, 11) is 0. The Bertz CT molecular complexity index is 688. The number of piperidine rings is 1. The van der Waals surface area contributed by atoms with E-state index in [9.17, 15) is 9.90 Å². The van der Waals surface area contributed by atoms with Crippen LogP contribution in [-0.2, 0) is 6.42 Å². The summed E-state index contributed by atoms with van der Waals surface area (Å²) in [6.45, 7) is 5.62. The van der Waals surface area contributed by atoms with Crippen molar-refractivity contribution in [2.45, 2.75) is 39.2 Å². The molecule has 0 spiro atoms. The van der Waals surface area contributed by atoms with Crippen LogP contribution in [0, 0.1) is 11.8 Å². The molecule has 1 aromatic heterocycles. The van der Waals surface area contributed by atoms with Crippen molar-refractivity contribution in [2.75, 3.05) is 13.1 Å². The van der Waals surface area contributed by atoms with Crippen molar-refractivity contribution in [1.82, 2.24) is 15.1 Å². The highest BCUT2D eigenvalue weighted by molar-refractivity contribution is 5.92. The SMILES string of the molecule is CC(C)Cc1cc(C(=O)N2CCC(C(O)c3ccccc3)CC2)n[nH]1. The van der Waals surface area contributed by atoms with E-state index in [0.29, 0.717) is 24.7 Å². The van der Waals surface area contributed by atoms with Gasteiger partial charge in [-0.05, 0) is 42.7 Å². The van der Waals surface area contributed by atoms with Crippen molar-refractivity contribution in [1.29, 1.82) is 0 Å². The number of aliphatic hydroxyl groups excluding tert-OH is 1. The van der Waals surface area contributed by atoms with Crippen molar-refractivity contribution in [3.8, 4) is 0 Å². The third-order valence-corrected chi connectivity index (χ3v) is 4.89. The van der Waals surface area contributed by atoms with Crippen LogP contribution in [0.3, 0.4) is 0 Å². The van der Waals surface area contributed by atoms with Crippen LogP contribution < -0.4 is 0 Å². The van der Waals surface area contributed by atoms with Gasteiger partial charge in [-0.3, -0.25) is 9.89 Å². The number of benzene rings is 1. The third-order valence-electron chi connectivity index (χ3n) is 4.89. The molecule has 1 fully saturated rings. The Morgan fingerprint density at radius 2 is 1.96 bits per heavy atom. The lowest BCUT2D eigenvalue weighted by Crippen LogP contribution is -2.40. The number of H-pyrrole nitrogens is 1. The summed E-state index contributed by atoms with van der Waals surface area (Å²) in [5, 5.41) is 17.7. The predicted molar refractivity (Wildman–Crippen MR) is 97.2 cm³/mol. The molecule has 0 aliphatic carbocycles. The van der Waals surface area contributed by atoms with E-state index in [1.807, 2.05) is 41.3 Å². The molecule has 5 heteroatoms. The normalized spacial score (nSPS) is 17.0. The Labute approximate surface area is 149 Å². The lowest BCUT2D eigenvalue weighted by molar-refractivity contribution is 0.0458. The minimum Gasteiger partial charge on any atom is -0.388 e. The number of hydrogen-bond donors (Lipinski definition) is 2. The molecule has 1 atom stereocenters. The zero-order valence-electron chi connectivity index (χ0n) is 15.0. The quantitative estimate of drug-likeness (QED) is 0.877. The Hall–Kier alpha value is -2.14. The highest BCUT2D eigenvalue weighted by Crippen LogP contribution is 2.31. The maximum atomic E-state index is 12.6. The van der Waals surface area contributed by atoms with Crippen LogP contribution in [0.2, 0.25) is 0 Å². The molecule has 1 aliphatic heterocycles. The first-order valence-corrected chi connectivity index (χ1v) is 9.11. The van der Waals surface area contributed by atoms with Crippen molar-refractivity contribution in [3.05, 3.63) is 53.3 Å². The number of rotatable bonds is 5. The summed E-state index contributed by atoms with van der Waals surface area (Å²) in [5.41, 5.74) is 2.46. The summed E-state index contributed by atoms with van der Waals surface area (Å²) in [6.07, 6.45) is 2.06. The second-order valence-corrected chi connectivity index (χ2v) is 7.36. The minimum atomic E-state index is -0.457. The van der Waals surface area contributed by atoms with Crippen LogP contribution in [-0.4, -0.2) is 39.2 Å². The first-order valence-electron chi connectivity index (χ1n) is 9.11. The summed E-state index contributed by atoms with van der Waals surface area (Å²) in [5.74, 6) is 0.708. The van der Waals surface area contributed by atoms with E-state index in [1.54, 1.807) is 0 Å². The first-order chi connectivity index (χ1) is 12.0. The van der Waals surface area contributed by atoms with E-state index in [1.165, 1.54) is 0 Å². The van der Waals surface area contributed by atoms with Crippen LogP contribution in [0.4, 0.5) is 0 Å². The lowest BCUT2D eigenvalue weighted by atomic mass is 9.87. The summed E-state index contributed by atoms with van der Waals surface area (Å²) < 4.78 is 0. The van der Waals surface area contributed by atoms with Gasteiger partial charge in [-0.2, -0.15) is 5.10 Å². The maximum Gasteiger partial charge on any atom is 0.274 e. The van der Waals surface area contributed by atoms with Gasteiger partial charge < -0.3 is 10.0 Å². The molecule has 1 saturated heterocycles. The Morgan fingerprint density at radius 3 is 2.60 bits per heavy atom. The molecule has 1 aliphatic rings. The number of aliphatic hydroxyl groups is 1. The molecule has 0 radical (unpaired) electrons. The maximum absolute atomic E-state index is 12.6. The van der Waals surface area contributed by atoms with Gasteiger partial charge in [0.15, 0.2) is 0 Å². The van der Waals surface area contributed by atoms with Gasteiger partial charge >= 0.3 is 0 Å². The van der Waals surface area contributed by atoms with Gasteiger partial charge in [-0.1, -0.05) is 44.2 Å². The number of nitrogens with one attached hydrogen (secondary N) is 1. The smallest absolute Gasteiger partial charge is 0.274 e. The van der Waals surface area contributed by atoms with Gasteiger partial charge in [0.25, 0.3) is 5.91 Å². The fourth-order valence-electron chi connectivity index (χ4n) is 3.52. The molecule has 0 saturated carbocycles. The van der Waals surface area contributed by atoms with Crippen LogP contribution in [0.5, 0.6) is 0 Å². The fourth-order valence-corrected chi connectivity index (χ4v) is 3.52. The summed E-state index contributed by atoms with van der Waals surface area (Å²) in [6, 6.07) is 11.6. The average Bonchev–Trinajstić information content (AvgIpc) is 3.09. The topological polar surface area (TPSA) is 69.2 Å². The zero-order chi connectivity index (χ0) is 17.8. The number of amides is 1. The van der Waals surface area contributed by atoms with E-state index >= 15 is 0 Å². The molecular formula is C20H27N3O2. The van der Waals surface area contributed by atoms with Gasteiger partial charge in [0.1, 0.15) is 5.69 Å². The van der Waals surface area contributed by atoms with Gasteiger partial charge in [-0.25, -0.2) is 0 Å². The molecule has 1 unspecified atom stereocenters. The Kier molecular flexibility index (Phi) is 5.53. The molecule has 0 bridgehead atoms. The Balaban J connectivity index is 1.56. The van der Waals surface area contributed by atoms with Crippen LogP contribution in [0.1, 0.15) is 54.5 Å². The van der Waals surface area contributed by atoms with E-state index < -0.39 is 6.10 Å². The minimum absolute atomic E-state index is 0.0149. The second kappa shape index (κ2) is 7.83. The molecule has 2 N–H and O–H groups in total. The molecule has 2 heterocycles. The predicted octanol–water partition coefficient (Wildman–Crippen LogP) is 3.19. The van der Waals surface area contributed by atoms with Crippen LogP contribution in [0.15, 0.2) is 36.4 Å². The van der Waals surface area contributed by atoms with Crippen molar-refractivity contribution >= 4 is 5.91 Å². The number of carbonyl (C=O) groups is 1. The van der Waals surface area contributed by atoms with Crippen molar-refractivity contribution in [2.24, 2.45) is 11.8 Å². The van der Waals surface area contributed by atoms with E-state index in [2.05, 4.69) is 24.0 Å². The molecule has 3 rings (SSSR count). The molecule has 134 valence electrons. The molecule has 1 aromatic carbocycles. The standard InChI is InChI=1S/C20H27N3O2/c1-14(2)12-17-13-18(22-21-17)20(25)23-10-8-16(9-11-23)19(24)15-6-4-3-5-7-15/h3-7,13-14,16,19,24H,8-12H2,1-2H3,(H,21,22). The summed E-state index contributed by atoms with van der Waals surface area (Å²) in [4.78, 5) is 14.5. The molecular weight excluding hydrogens is 314 g/mol. The van der Waals surface area contributed by atoms with Crippen LogP contribution >= 0.6 is 0 Å². The number of hydrogen-bond acceptors (Lipinski definition) is 3. The number of aromatic amines is 1. The average molecular weight is 341 g/mol. The molecule has 25 heavy (non-hydrogen) atoms. The fraction of sp³-hybridized carbons (Fsp3) is 0.500. The molecule has 1 amide bonds. The molecule has 2 aromatic rings. The number of nitrogens with zero attached hydrogens (tertiary/aromatic N) is 2. The lowest BCUT2D eigenvalue weighted by Gasteiger charge is -2.34. The van der Waals surface area contributed by atoms with Gasteiger partial charge in [0.05, 0.1) is 6.10 Å². The largest absolute Gasteiger partial charge is 0.388 e. The monoisotopic (exact) mass is 341 g/mol. The summed E-state index contributed by atoms with van der Waals surface area (Å²) >= 11 is 0. The first kappa shape index (κ1) is 17.7. The van der Waals surface area contributed by atoms with Gasteiger partial charge in [0, 0.05) is 18.8 Å².